The lowest BCUT2D eigenvalue weighted by atomic mass is 10.1. The number of hydrogen-bond donors (Lipinski definition) is 1. The molecule has 1 aliphatic heterocycles. The van der Waals surface area contributed by atoms with Gasteiger partial charge in [-0.3, -0.25) is 4.57 Å². The van der Waals surface area contributed by atoms with Crippen LogP contribution in [-0.4, -0.2) is 27.5 Å². The molecule has 4 nitrogen and oxygen atoms in total. The third-order valence-electron chi connectivity index (χ3n) is 6.16. The minimum Gasteiger partial charge on any atom is -0.507 e. The molecule has 0 amide bonds. The van der Waals surface area contributed by atoms with Crippen molar-refractivity contribution >= 4 is 12.7 Å². The third-order valence-corrected chi connectivity index (χ3v) is 9.63. The van der Waals surface area contributed by atoms with Crippen LogP contribution in [0.15, 0.2) is 78.9 Å². The smallest absolute Gasteiger partial charge is 0.250 e. The van der Waals surface area contributed by atoms with Gasteiger partial charge >= 0.3 is 0 Å². The minimum atomic E-state index is -3.23. The summed E-state index contributed by atoms with van der Waals surface area (Å²) in [6.45, 7) is 7.54. The van der Waals surface area contributed by atoms with Gasteiger partial charge in [-0.05, 0) is 44.0 Å². The summed E-state index contributed by atoms with van der Waals surface area (Å²) in [6.07, 6.45) is 0. The number of nitrogens with zero attached hydrogens (tertiary/aromatic N) is 2. The molecule has 0 aliphatic carbocycles. The largest absolute Gasteiger partial charge is 0.507 e. The Morgan fingerprint density at radius 3 is 1.73 bits per heavy atom. The Hall–Kier alpha value is -2.39. The number of aromatic hydroxyl groups is 1. The van der Waals surface area contributed by atoms with Gasteiger partial charge in [0, 0.05) is 25.2 Å². The first kappa shape index (κ1) is 20.9. The molecule has 1 aliphatic rings. The second kappa shape index (κ2) is 8.39. The van der Waals surface area contributed by atoms with Crippen molar-refractivity contribution in [3.8, 4) is 5.75 Å². The van der Waals surface area contributed by atoms with E-state index in [2.05, 4.69) is 47.5 Å². The molecule has 30 heavy (non-hydrogen) atoms. The molecule has 1 saturated heterocycles. The topological polar surface area (TPSA) is 43.8 Å². The maximum absolute atomic E-state index is 15.0. The lowest BCUT2D eigenvalue weighted by molar-refractivity contribution is 0.374. The van der Waals surface area contributed by atoms with E-state index in [-0.39, 0.29) is 17.8 Å². The molecule has 1 heterocycles. The molecule has 3 aromatic rings. The molecule has 0 radical (unpaired) electrons. The van der Waals surface area contributed by atoms with E-state index in [1.54, 1.807) is 6.07 Å². The highest BCUT2D eigenvalue weighted by atomic mass is 31.2. The summed E-state index contributed by atoms with van der Waals surface area (Å²) in [4.78, 5) is 0. The molecule has 5 heteroatoms. The molecule has 1 N–H and O–H groups in total. The van der Waals surface area contributed by atoms with Crippen LogP contribution < -0.4 is 5.30 Å². The van der Waals surface area contributed by atoms with Gasteiger partial charge in [0.2, 0.25) is 0 Å². The van der Waals surface area contributed by atoms with Crippen LogP contribution in [0.5, 0.6) is 5.75 Å². The van der Waals surface area contributed by atoms with Crippen LogP contribution in [0.2, 0.25) is 0 Å². The Kier molecular flexibility index (Phi) is 5.84. The molecule has 0 aromatic heterocycles. The predicted molar refractivity (Wildman–Crippen MR) is 123 cm³/mol. The highest BCUT2D eigenvalue weighted by Crippen LogP contribution is 2.63. The number of hydrogen-bond acceptors (Lipinski definition) is 2. The fraction of sp³-hybridized carbons (Fsp3) is 0.280. The average Bonchev–Trinajstić information content (AvgIpc) is 3.13. The Morgan fingerprint density at radius 2 is 1.27 bits per heavy atom. The standard InChI is InChI=1S/C25H29N2O2P/c1-19-14-15-24(28)25(18-19)30(29)26(20(2)22-10-6-4-7-11-22)16-17-27(30)21(3)23-12-8-5-9-13-23/h4-15,18,20-21,28H,16-17H2,1-3H3/t20-,21-/m0/s1. The van der Waals surface area contributed by atoms with E-state index in [0.717, 1.165) is 16.7 Å². The van der Waals surface area contributed by atoms with Gasteiger partial charge in [-0.1, -0.05) is 72.3 Å². The molecule has 0 unspecified atom stereocenters. The van der Waals surface area contributed by atoms with E-state index in [1.807, 2.05) is 55.5 Å². The van der Waals surface area contributed by atoms with Crippen LogP contribution in [-0.2, 0) is 4.57 Å². The summed E-state index contributed by atoms with van der Waals surface area (Å²) in [6, 6.07) is 25.7. The molecule has 2 atom stereocenters. The number of benzene rings is 3. The van der Waals surface area contributed by atoms with Gasteiger partial charge in [0.15, 0.2) is 0 Å². The fourth-order valence-corrected chi connectivity index (χ4v) is 7.95. The van der Waals surface area contributed by atoms with Crippen molar-refractivity contribution < 1.29 is 9.67 Å². The zero-order valence-corrected chi connectivity index (χ0v) is 18.7. The molecule has 0 saturated carbocycles. The molecule has 3 aromatic carbocycles. The van der Waals surface area contributed by atoms with Crippen LogP contribution in [0.25, 0.3) is 0 Å². The number of phenolic OH excluding ortho intramolecular Hbond substituents is 1. The first-order valence-electron chi connectivity index (χ1n) is 10.5. The second-order valence-corrected chi connectivity index (χ2v) is 10.6. The van der Waals surface area contributed by atoms with Crippen molar-refractivity contribution in [1.29, 1.82) is 0 Å². The van der Waals surface area contributed by atoms with Gasteiger partial charge in [-0.2, -0.15) is 0 Å². The summed E-state index contributed by atoms with van der Waals surface area (Å²) in [5.41, 5.74) is 3.24. The van der Waals surface area contributed by atoms with E-state index in [4.69, 9.17) is 0 Å². The quantitative estimate of drug-likeness (QED) is 0.541. The number of aryl methyl sites for hydroxylation is 1. The van der Waals surface area contributed by atoms with E-state index in [1.165, 1.54) is 0 Å². The number of rotatable bonds is 5. The second-order valence-electron chi connectivity index (χ2n) is 8.04. The Labute approximate surface area is 179 Å². The van der Waals surface area contributed by atoms with Crippen LogP contribution in [0.4, 0.5) is 0 Å². The van der Waals surface area contributed by atoms with Crippen LogP contribution >= 0.6 is 7.44 Å². The Bertz CT molecular complexity index is 998. The zero-order valence-electron chi connectivity index (χ0n) is 17.8. The van der Waals surface area contributed by atoms with Gasteiger partial charge in [-0.25, -0.2) is 9.34 Å². The van der Waals surface area contributed by atoms with Crippen molar-refractivity contribution in [1.82, 2.24) is 9.34 Å². The van der Waals surface area contributed by atoms with E-state index >= 15 is 0 Å². The van der Waals surface area contributed by atoms with Gasteiger partial charge in [0.25, 0.3) is 7.44 Å². The summed E-state index contributed by atoms with van der Waals surface area (Å²) in [5, 5.41) is 11.3. The maximum Gasteiger partial charge on any atom is 0.250 e. The van der Waals surface area contributed by atoms with Crippen LogP contribution in [0, 0.1) is 6.92 Å². The summed E-state index contributed by atoms with van der Waals surface area (Å²) >= 11 is 0. The predicted octanol–water partition coefficient (Wildman–Crippen LogP) is 5.66. The molecule has 156 valence electrons. The van der Waals surface area contributed by atoms with Crippen molar-refractivity contribution in [3.63, 3.8) is 0 Å². The van der Waals surface area contributed by atoms with E-state index < -0.39 is 7.44 Å². The van der Waals surface area contributed by atoms with Gasteiger partial charge < -0.3 is 5.11 Å². The molecule has 4 rings (SSSR count). The van der Waals surface area contributed by atoms with E-state index in [9.17, 15) is 9.67 Å². The number of phenols is 1. The zero-order chi connectivity index (χ0) is 21.3. The molecule has 0 bridgehead atoms. The minimum absolute atomic E-state index is 0.0371. The summed E-state index contributed by atoms with van der Waals surface area (Å²) in [5.74, 6) is 0.0985. The van der Waals surface area contributed by atoms with Crippen molar-refractivity contribution in [2.45, 2.75) is 32.9 Å². The molecule has 0 spiro atoms. The third kappa shape index (κ3) is 3.60. The Balaban J connectivity index is 1.84. The highest BCUT2D eigenvalue weighted by Gasteiger charge is 2.49. The average molecular weight is 420 g/mol. The summed E-state index contributed by atoms with van der Waals surface area (Å²) in [7, 11) is -3.23. The van der Waals surface area contributed by atoms with Gasteiger partial charge in [-0.15, -0.1) is 0 Å². The van der Waals surface area contributed by atoms with Crippen molar-refractivity contribution in [2.75, 3.05) is 13.1 Å². The normalized spacial score (nSPS) is 18.9. The fourth-order valence-electron chi connectivity index (χ4n) is 4.43. The SMILES string of the molecule is Cc1ccc(O)c(P2(=O)N([C@@H](C)c3ccccc3)CCN2[C@@H](C)c2ccccc2)c1. The first-order chi connectivity index (χ1) is 14.4. The van der Waals surface area contributed by atoms with Crippen LogP contribution in [0.1, 0.15) is 42.6 Å². The van der Waals surface area contributed by atoms with Crippen LogP contribution in [0.3, 0.4) is 0 Å². The van der Waals surface area contributed by atoms with E-state index in [0.29, 0.717) is 18.4 Å². The Morgan fingerprint density at radius 1 is 0.800 bits per heavy atom. The maximum atomic E-state index is 15.0. The lowest BCUT2D eigenvalue weighted by Crippen LogP contribution is -2.31. The molecule has 1 fully saturated rings. The first-order valence-corrected chi connectivity index (χ1v) is 12.1. The van der Waals surface area contributed by atoms with Crippen molar-refractivity contribution in [3.05, 3.63) is 95.6 Å². The monoisotopic (exact) mass is 420 g/mol. The summed E-state index contributed by atoms with van der Waals surface area (Å²) < 4.78 is 19.2. The molecular weight excluding hydrogens is 391 g/mol. The van der Waals surface area contributed by atoms with Gasteiger partial charge in [0.1, 0.15) is 5.75 Å². The highest BCUT2D eigenvalue weighted by molar-refractivity contribution is 7.67. The van der Waals surface area contributed by atoms with Gasteiger partial charge in [0.05, 0.1) is 5.30 Å². The van der Waals surface area contributed by atoms with Crippen molar-refractivity contribution in [2.24, 2.45) is 0 Å². The molecular formula is C25H29N2O2P. The lowest BCUT2D eigenvalue weighted by Gasteiger charge is -2.37.